The standard InChI is InChI=1S/C11H18ClNO2S2/c1-3-7-17(14,15)8-6-13-9(2)10-4-5-11(12)16-10/h4-5,9,13H,3,6-8H2,1-2H3. The molecular formula is C11H18ClNO2S2. The Morgan fingerprint density at radius 2 is 2.12 bits per heavy atom. The summed E-state index contributed by atoms with van der Waals surface area (Å²) in [4.78, 5) is 1.13. The maximum atomic E-state index is 11.5. The molecular weight excluding hydrogens is 278 g/mol. The maximum absolute atomic E-state index is 11.5. The predicted octanol–water partition coefficient (Wildman–Crippen LogP) is 2.88. The molecule has 3 nitrogen and oxygen atoms in total. The van der Waals surface area contributed by atoms with E-state index in [4.69, 9.17) is 11.6 Å². The molecule has 0 bridgehead atoms. The van der Waals surface area contributed by atoms with Gasteiger partial charge in [0.15, 0.2) is 9.84 Å². The Hall–Kier alpha value is -0.100. The monoisotopic (exact) mass is 295 g/mol. The third-order valence-corrected chi connectivity index (χ3v) is 5.67. The van der Waals surface area contributed by atoms with Crippen LogP contribution < -0.4 is 5.32 Å². The SMILES string of the molecule is CCCS(=O)(=O)CCNC(C)c1ccc(Cl)s1. The van der Waals surface area contributed by atoms with Gasteiger partial charge in [-0.15, -0.1) is 11.3 Å². The molecule has 0 spiro atoms. The van der Waals surface area contributed by atoms with E-state index < -0.39 is 9.84 Å². The van der Waals surface area contributed by atoms with Crippen LogP contribution in [0, 0.1) is 0 Å². The van der Waals surface area contributed by atoms with Gasteiger partial charge in [-0.3, -0.25) is 0 Å². The second-order valence-corrected chi connectivity index (χ2v) is 8.02. The first kappa shape index (κ1) is 15.0. The fourth-order valence-electron chi connectivity index (χ4n) is 1.51. The quantitative estimate of drug-likeness (QED) is 0.841. The zero-order valence-corrected chi connectivity index (χ0v) is 12.5. The van der Waals surface area contributed by atoms with Crippen LogP contribution in [-0.2, 0) is 9.84 Å². The van der Waals surface area contributed by atoms with E-state index in [1.54, 1.807) is 0 Å². The number of nitrogens with one attached hydrogen (secondary N) is 1. The molecule has 0 fully saturated rings. The normalized spacial score (nSPS) is 13.8. The Bertz CT molecular complexity index is 442. The third-order valence-electron chi connectivity index (χ3n) is 2.40. The summed E-state index contributed by atoms with van der Waals surface area (Å²) in [6.45, 7) is 4.37. The first-order valence-electron chi connectivity index (χ1n) is 5.63. The van der Waals surface area contributed by atoms with Gasteiger partial charge in [-0.25, -0.2) is 8.42 Å². The minimum absolute atomic E-state index is 0.143. The molecule has 0 aliphatic heterocycles. The first-order chi connectivity index (χ1) is 7.94. The summed E-state index contributed by atoms with van der Waals surface area (Å²) < 4.78 is 23.7. The molecule has 0 amide bonds. The molecule has 1 unspecified atom stereocenters. The van der Waals surface area contributed by atoms with Crippen molar-refractivity contribution in [2.75, 3.05) is 18.1 Å². The summed E-state index contributed by atoms with van der Waals surface area (Å²) in [5, 5.41) is 3.20. The highest BCUT2D eigenvalue weighted by atomic mass is 35.5. The largest absolute Gasteiger partial charge is 0.308 e. The highest BCUT2D eigenvalue weighted by molar-refractivity contribution is 7.91. The van der Waals surface area contributed by atoms with Gasteiger partial charge >= 0.3 is 0 Å². The van der Waals surface area contributed by atoms with Crippen LogP contribution in [0.5, 0.6) is 0 Å². The summed E-state index contributed by atoms with van der Waals surface area (Å²) in [6.07, 6.45) is 0.679. The Labute approximate surface area is 112 Å². The van der Waals surface area contributed by atoms with Gasteiger partial charge in [-0.05, 0) is 25.5 Å². The molecule has 1 atom stereocenters. The molecule has 0 aliphatic rings. The van der Waals surface area contributed by atoms with Crippen LogP contribution in [0.2, 0.25) is 4.34 Å². The van der Waals surface area contributed by atoms with E-state index in [1.807, 2.05) is 26.0 Å². The number of hydrogen-bond acceptors (Lipinski definition) is 4. The zero-order chi connectivity index (χ0) is 12.9. The zero-order valence-electron chi connectivity index (χ0n) is 10.1. The number of halogens is 1. The molecule has 1 aromatic heterocycles. The van der Waals surface area contributed by atoms with E-state index in [2.05, 4.69) is 5.32 Å². The average Bonchev–Trinajstić information content (AvgIpc) is 2.64. The van der Waals surface area contributed by atoms with Crippen molar-refractivity contribution in [1.82, 2.24) is 5.32 Å². The van der Waals surface area contributed by atoms with Crippen molar-refractivity contribution in [2.24, 2.45) is 0 Å². The molecule has 0 aliphatic carbocycles. The minimum Gasteiger partial charge on any atom is -0.308 e. The van der Waals surface area contributed by atoms with Gasteiger partial charge < -0.3 is 5.32 Å². The van der Waals surface area contributed by atoms with Gasteiger partial charge in [-0.1, -0.05) is 18.5 Å². The maximum Gasteiger partial charge on any atom is 0.151 e. The van der Waals surface area contributed by atoms with Crippen molar-refractivity contribution >= 4 is 32.8 Å². The molecule has 98 valence electrons. The van der Waals surface area contributed by atoms with Crippen LogP contribution in [0.25, 0.3) is 0 Å². The molecule has 1 rings (SSSR count). The summed E-state index contributed by atoms with van der Waals surface area (Å²) in [6, 6.07) is 3.96. The van der Waals surface area contributed by atoms with Crippen LogP contribution in [0.3, 0.4) is 0 Å². The summed E-state index contributed by atoms with van der Waals surface area (Å²) in [5.41, 5.74) is 0. The summed E-state index contributed by atoms with van der Waals surface area (Å²) >= 11 is 7.36. The second kappa shape index (κ2) is 6.73. The van der Waals surface area contributed by atoms with Crippen molar-refractivity contribution in [2.45, 2.75) is 26.3 Å². The van der Waals surface area contributed by atoms with E-state index in [9.17, 15) is 8.42 Å². The van der Waals surface area contributed by atoms with Gasteiger partial charge in [0.25, 0.3) is 0 Å². The van der Waals surface area contributed by atoms with Gasteiger partial charge in [-0.2, -0.15) is 0 Å². The topological polar surface area (TPSA) is 46.2 Å². The Kier molecular flexibility index (Phi) is 5.92. The van der Waals surface area contributed by atoms with Gasteiger partial charge in [0.05, 0.1) is 10.1 Å². The Balaban J connectivity index is 2.37. The second-order valence-electron chi connectivity index (χ2n) is 3.97. The first-order valence-corrected chi connectivity index (χ1v) is 8.65. The van der Waals surface area contributed by atoms with Crippen molar-refractivity contribution in [1.29, 1.82) is 0 Å². The van der Waals surface area contributed by atoms with Crippen LogP contribution in [-0.4, -0.2) is 26.5 Å². The fraction of sp³-hybridized carbons (Fsp3) is 0.636. The molecule has 0 saturated carbocycles. The van der Waals surface area contributed by atoms with E-state index in [0.717, 1.165) is 9.21 Å². The van der Waals surface area contributed by atoms with Gasteiger partial charge in [0, 0.05) is 23.2 Å². The molecule has 17 heavy (non-hydrogen) atoms. The Morgan fingerprint density at radius 1 is 1.41 bits per heavy atom. The molecule has 1 heterocycles. The molecule has 1 N–H and O–H groups in total. The third kappa shape index (κ3) is 5.38. The van der Waals surface area contributed by atoms with E-state index in [1.165, 1.54) is 11.3 Å². The highest BCUT2D eigenvalue weighted by Crippen LogP contribution is 2.26. The van der Waals surface area contributed by atoms with Crippen molar-refractivity contribution < 1.29 is 8.42 Å². The molecule has 0 aromatic carbocycles. The summed E-state index contributed by atoms with van der Waals surface area (Å²) in [5.74, 6) is 0.470. The predicted molar refractivity (Wildman–Crippen MR) is 74.7 cm³/mol. The lowest BCUT2D eigenvalue weighted by Gasteiger charge is -2.11. The van der Waals surface area contributed by atoms with E-state index >= 15 is 0 Å². The van der Waals surface area contributed by atoms with Crippen LogP contribution in [0.1, 0.15) is 31.2 Å². The summed E-state index contributed by atoms with van der Waals surface area (Å²) in [7, 11) is -2.89. The number of sulfone groups is 1. The van der Waals surface area contributed by atoms with Crippen LogP contribution in [0.15, 0.2) is 12.1 Å². The van der Waals surface area contributed by atoms with Crippen molar-refractivity contribution in [3.05, 3.63) is 21.3 Å². The molecule has 6 heteroatoms. The molecule has 1 aromatic rings. The van der Waals surface area contributed by atoms with Crippen molar-refractivity contribution in [3.63, 3.8) is 0 Å². The van der Waals surface area contributed by atoms with E-state index in [0.29, 0.717) is 13.0 Å². The minimum atomic E-state index is -2.89. The number of thiophene rings is 1. The lowest BCUT2D eigenvalue weighted by molar-refractivity contribution is 0.575. The number of rotatable bonds is 7. The highest BCUT2D eigenvalue weighted by Gasteiger charge is 2.11. The lowest BCUT2D eigenvalue weighted by atomic mass is 10.3. The van der Waals surface area contributed by atoms with Crippen LogP contribution >= 0.6 is 22.9 Å². The Morgan fingerprint density at radius 3 is 2.65 bits per heavy atom. The lowest BCUT2D eigenvalue weighted by Crippen LogP contribution is -2.26. The average molecular weight is 296 g/mol. The smallest absolute Gasteiger partial charge is 0.151 e. The van der Waals surface area contributed by atoms with Gasteiger partial charge in [0.1, 0.15) is 0 Å². The number of hydrogen-bond donors (Lipinski definition) is 1. The fourth-order valence-corrected chi connectivity index (χ4v) is 3.85. The van der Waals surface area contributed by atoms with Gasteiger partial charge in [0.2, 0.25) is 0 Å². The van der Waals surface area contributed by atoms with Crippen molar-refractivity contribution in [3.8, 4) is 0 Å². The molecule has 0 saturated heterocycles. The van der Waals surface area contributed by atoms with Crippen LogP contribution in [0.4, 0.5) is 0 Å². The molecule has 0 radical (unpaired) electrons. The van der Waals surface area contributed by atoms with E-state index in [-0.39, 0.29) is 17.5 Å².